The normalized spacial score (nSPS) is 14.1. The molecular formula is C32H40N4O6. The minimum atomic E-state index is -1.25. The first kappa shape index (κ1) is 32.1. The van der Waals surface area contributed by atoms with Gasteiger partial charge in [0.15, 0.2) is 0 Å². The van der Waals surface area contributed by atoms with Crippen LogP contribution in [0.3, 0.4) is 0 Å². The minimum Gasteiger partial charge on any atom is -0.465 e. The molecule has 0 spiro atoms. The summed E-state index contributed by atoms with van der Waals surface area (Å²) in [5.74, 6) is -0.444. The lowest BCUT2D eigenvalue weighted by atomic mass is 9.85. The Kier molecular flexibility index (Phi) is 11.4. The Bertz CT molecular complexity index is 1300. The fraction of sp³-hybridized carbons (Fsp3) is 0.375. The second kappa shape index (κ2) is 15.0. The van der Waals surface area contributed by atoms with Gasteiger partial charge in [-0.15, -0.1) is 0 Å². The van der Waals surface area contributed by atoms with Crippen LogP contribution in [0.5, 0.6) is 0 Å². The summed E-state index contributed by atoms with van der Waals surface area (Å²) in [6, 6.07) is 20.3. The number of hydrogen-bond donors (Lipinski definition) is 5. The van der Waals surface area contributed by atoms with Crippen LogP contribution in [-0.4, -0.2) is 64.6 Å². The third kappa shape index (κ3) is 9.88. The molecule has 3 aromatic rings. The van der Waals surface area contributed by atoms with Gasteiger partial charge in [0.25, 0.3) is 0 Å². The van der Waals surface area contributed by atoms with Gasteiger partial charge >= 0.3 is 12.2 Å². The number of amides is 3. The van der Waals surface area contributed by atoms with E-state index in [9.17, 15) is 24.6 Å². The van der Waals surface area contributed by atoms with Crippen molar-refractivity contribution in [1.29, 1.82) is 0 Å². The maximum absolute atomic E-state index is 13.5. The van der Waals surface area contributed by atoms with Crippen LogP contribution in [0.4, 0.5) is 9.59 Å². The second-order valence-corrected chi connectivity index (χ2v) is 11.3. The van der Waals surface area contributed by atoms with Gasteiger partial charge in [-0.05, 0) is 47.9 Å². The first-order valence-corrected chi connectivity index (χ1v) is 13.8. The van der Waals surface area contributed by atoms with Crippen LogP contribution in [0.2, 0.25) is 0 Å². The topological polar surface area (TPSA) is 150 Å². The lowest BCUT2D eigenvalue weighted by molar-refractivity contribution is -0.126. The molecule has 5 N–H and O–H groups in total. The predicted molar refractivity (Wildman–Crippen MR) is 160 cm³/mol. The first-order chi connectivity index (χ1) is 20.0. The van der Waals surface area contributed by atoms with Crippen molar-refractivity contribution in [1.82, 2.24) is 20.9 Å². The van der Waals surface area contributed by atoms with Crippen molar-refractivity contribution in [3.63, 3.8) is 0 Å². The molecule has 4 atom stereocenters. The summed E-state index contributed by atoms with van der Waals surface area (Å²) in [5.41, 5.74) is 2.87. The summed E-state index contributed by atoms with van der Waals surface area (Å²) in [5, 5.41) is 28.8. The number of alkyl carbamates (subject to hydrolysis) is 1. The molecule has 0 aliphatic rings. The molecule has 2 aromatic carbocycles. The molecule has 3 rings (SSSR count). The number of aliphatic hydroxyl groups is 1. The van der Waals surface area contributed by atoms with E-state index in [2.05, 4.69) is 20.9 Å². The van der Waals surface area contributed by atoms with Crippen LogP contribution in [0.1, 0.15) is 38.3 Å². The third-order valence-corrected chi connectivity index (χ3v) is 6.92. The summed E-state index contributed by atoms with van der Waals surface area (Å²) in [6.45, 7) is 5.46. The van der Waals surface area contributed by atoms with Gasteiger partial charge in [-0.1, -0.05) is 81.4 Å². The lowest BCUT2D eigenvalue weighted by Gasteiger charge is -2.33. The highest BCUT2D eigenvalue weighted by Crippen LogP contribution is 2.22. The van der Waals surface area contributed by atoms with Gasteiger partial charge in [-0.3, -0.25) is 9.78 Å². The summed E-state index contributed by atoms with van der Waals surface area (Å²) >= 11 is 0. The number of aromatic nitrogens is 1. The van der Waals surface area contributed by atoms with Crippen molar-refractivity contribution in [3.8, 4) is 11.3 Å². The Morgan fingerprint density at radius 3 is 2.07 bits per heavy atom. The van der Waals surface area contributed by atoms with Gasteiger partial charge in [-0.25, -0.2) is 9.59 Å². The van der Waals surface area contributed by atoms with E-state index < -0.39 is 47.7 Å². The van der Waals surface area contributed by atoms with Crippen molar-refractivity contribution in [3.05, 3.63) is 90.1 Å². The van der Waals surface area contributed by atoms with Crippen molar-refractivity contribution >= 4 is 18.1 Å². The van der Waals surface area contributed by atoms with Crippen LogP contribution >= 0.6 is 0 Å². The molecular weight excluding hydrogens is 536 g/mol. The van der Waals surface area contributed by atoms with Crippen LogP contribution in [0.25, 0.3) is 11.3 Å². The van der Waals surface area contributed by atoms with E-state index in [4.69, 9.17) is 4.74 Å². The maximum Gasteiger partial charge on any atom is 0.407 e. The molecule has 0 saturated carbocycles. The van der Waals surface area contributed by atoms with Crippen LogP contribution < -0.4 is 16.0 Å². The number of carbonyl (C=O) groups excluding carboxylic acids is 2. The zero-order chi connectivity index (χ0) is 30.7. The van der Waals surface area contributed by atoms with E-state index in [1.165, 1.54) is 7.11 Å². The molecule has 0 bridgehead atoms. The van der Waals surface area contributed by atoms with Crippen LogP contribution in [0, 0.1) is 5.41 Å². The van der Waals surface area contributed by atoms with Gasteiger partial charge < -0.3 is 30.9 Å². The zero-order valence-corrected chi connectivity index (χ0v) is 24.4. The number of ether oxygens (including phenoxy) is 1. The minimum absolute atomic E-state index is 0.0562. The fourth-order valence-corrected chi connectivity index (χ4v) is 4.73. The smallest absolute Gasteiger partial charge is 0.407 e. The molecule has 1 aromatic heterocycles. The highest BCUT2D eigenvalue weighted by molar-refractivity contribution is 5.86. The number of nitrogens with zero attached hydrogens (tertiary/aromatic N) is 1. The Hall–Kier alpha value is -4.44. The van der Waals surface area contributed by atoms with Crippen molar-refractivity contribution in [2.45, 2.75) is 64.3 Å². The number of methoxy groups -OCH3 is 1. The van der Waals surface area contributed by atoms with Crippen LogP contribution in [0.15, 0.2) is 79.0 Å². The molecule has 1 heterocycles. The number of nitrogens with one attached hydrogen (secondary N) is 3. The molecule has 10 heteroatoms. The molecule has 3 amide bonds. The Balaban J connectivity index is 1.85. The number of rotatable bonds is 12. The molecule has 1 unspecified atom stereocenters. The quantitative estimate of drug-likeness (QED) is 0.217. The molecule has 0 fully saturated rings. The summed E-state index contributed by atoms with van der Waals surface area (Å²) in [7, 11) is 1.23. The van der Waals surface area contributed by atoms with Crippen LogP contribution in [-0.2, 0) is 22.4 Å². The van der Waals surface area contributed by atoms with Crippen molar-refractivity contribution in [2.75, 3.05) is 7.11 Å². The Morgan fingerprint density at radius 2 is 1.50 bits per heavy atom. The Morgan fingerprint density at radius 1 is 0.857 bits per heavy atom. The van der Waals surface area contributed by atoms with Gasteiger partial charge in [0.05, 0.1) is 24.9 Å². The number of carbonyl (C=O) groups is 3. The maximum atomic E-state index is 13.5. The SMILES string of the molecule is COC(=O)N[C@H](C(=O)NC(Cc1ccc(-c2ccccn2)cc1)C[C@@H](O)[C@H](Cc1ccccc1)NC(=O)O)C(C)(C)C. The average molecular weight is 577 g/mol. The predicted octanol–water partition coefficient (Wildman–Crippen LogP) is 4.18. The van der Waals surface area contributed by atoms with E-state index in [0.717, 1.165) is 22.4 Å². The molecule has 224 valence electrons. The number of aliphatic hydroxyl groups excluding tert-OH is 1. The number of carboxylic acid groups (broad SMARTS) is 1. The Labute approximate surface area is 246 Å². The number of pyridine rings is 1. The largest absolute Gasteiger partial charge is 0.465 e. The van der Waals surface area contributed by atoms with E-state index in [1.54, 1.807) is 6.20 Å². The summed E-state index contributed by atoms with van der Waals surface area (Å²) < 4.78 is 4.72. The zero-order valence-electron chi connectivity index (χ0n) is 24.4. The van der Waals surface area contributed by atoms with Gasteiger partial charge in [0.1, 0.15) is 6.04 Å². The van der Waals surface area contributed by atoms with E-state index in [1.807, 2.05) is 93.6 Å². The molecule has 0 aliphatic carbocycles. The third-order valence-electron chi connectivity index (χ3n) is 6.92. The highest BCUT2D eigenvalue weighted by atomic mass is 16.5. The molecule has 0 radical (unpaired) electrons. The first-order valence-electron chi connectivity index (χ1n) is 13.8. The van der Waals surface area contributed by atoms with E-state index >= 15 is 0 Å². The van der Waals surface area contributed by atoms with Gasteiger partial charge in [0, 0.05) is 17.8 Å². The summed E-state index contributed by atoms with van der Waals surface area (Å²) in [6.07, 6.45) is -0.715. The van der Waals surface area contributed by atoms with E-state index in [0.29, 0.717) is 6.42 Å². The van der Waals surface area contributed by atoms with Gasteiger partial charge in [0.2, 0.25) is 5.91 Å². The second-order valence-electron chi connectivity index (χ2n) is 11.3. The number of hydrogen-bond acceptors (Lipinski definition) is 6. The van der Waals surface area contributed by atoms with Crippen molar-refractivity contribution in [2.24, 2.45) is 5.41 Å². The lowest BCUT2D eigenvalue weighted by Crippen LogP contribution is -2.56. The highest BCUT2D eigenvalue weighted by Gasteiger charge is 2.35. The summed E-state index contributed by atoms with van der Waals surface area (Å²) in [4.78, 5) is 41.5. The van der Waals surface area contributed by atoms with Gasteiger partial charge in [-0.2, -0.15) is 0 Å². The molecule has 10 nitrogen and oxygen atoms in total. The monoisotopic (exact) mass is 576 g/mol. The molecule has 0 saturated heterocycles. The van der Waals surface area contributed by atoms with E-state index in [-0.39, 0.29) is 12.8 Å². The van der Waals surface area contributed by atoms with Crippen molar-refractivity contribution < 1.29 is 29.3 Å². The standard InChI is InChI=1S/C32H40N4O6/c1-32(2,3)28(36-31(41)42-4)29(38)34-24(18-22-13-15-23(16-14-22)25-12-8-9-17-33-25)20-27(37)26(35-30(39)40)19-21-10-6-5-7-11-21/h5-17,24,26-28,35,37H,18-20H2,1-4H3,(H,34,38)(H,36,41)(H,39,40)/t24?,26-,27+,28+/m0/s1. The number of benzene rings is 2. The fourth-order valence-electron chi connectivity index (χ4n) is 4.73. The average Bonchev–Trinajstić information content (AvgIpc) is 2.95. The molecule has 0 aliphatic heterocycles. The molecule has 42 heavy (non-hydrogen) atoms.